The first-order valence-corrected chi connectivity index (χ1v) is 7.34. The van der Waals surface area contributed by atoms with Gasteiger partial charge in [0.05, 0.1) is 0 Å². The van der Waals surface area contributed by atoms with Gasteiger partial charge in [-0.3, -0.25) is 9.59 Å². The summed E-state index contributed by atoms with van der Waals surface area (Å²) in [5, 5.41) is 2.84. The van der Waals surface area contributed by atoms with E-state index >= 15 is 0 Å². The molecule has 5 heteroatoms. The molecule has 1 rings (SSSR count). The normalized spacial score (nSPS) is 23.9. The van der Waals surface area contributed by atoms with Crippen LogP contribution in [0.3, 0.4) is 0 Å². The van der Waals surface area contributed by atoms with E-state index in [1.165, 1.54) is 0 Å². The zero-order valence-corrected chi connectivity index (χ0v) is 13.5. The van der Waals surface area contributed by atoms with Crippen LogP contribution < -0.4 is 5.32 Å². The van der Waals surface area contributed by atoms with Crippen LogP contribution in [0, 0.1) is 5.92 Å². The van der Waals surface area contributed by atoms with Crippen molar-refractivity contribution in [3.05, 3.63) is 0 Å². The lowest BCUT2D eigenvalue weighted by atomic mass is 9.90. The summed E-state index contributed by atoms with van der Waals surface area (Å²) in [5.74, 6) is 0.302. The summed E-state index contributed by atoms with van der Waals surface area (Å²) in [4.78, 5) is 26.8. The molecule has 0 aliphatic carbocycles. The van der Waals surface area contributed by atoms with E-state index in [0.29, 0.717) is 18.9 Å². The number of ether oxygens (including phenoxy) is 1. The summed E-state index contributed by atoms with van der Waals surface area (Å²) in [6.45, 7) is 10.2. The largest absolute Gasteiger partial charge is 0.385 e. The predicted molar refractivity (Wildman–Crippen MR) is 78.3 cm³/mol. The van der Waals surface area contributed by atoms with Crippen LogP contribution in [0.25, 0.3) is 0 Å². The second-order valence-corrected chi connectivity index (χ2v) is 6.60. The Hall–Kier alpha value is -1.10. The van der Waals surface area contributed by atoms with Gasteiger partial charge in [-0.2, -0.15) is 0 Å². The molecule has 0 saturated carbocycles. The number of carbonyl (C=O) groups excluding carboxylic acids is 2. The maximum Gasteiger partial charge on any atom is 0.248 e. The molecule has 0 aromatic rings. The molecule has 0 aromatic carbocycles. The molecule has 0 aromatic heterocycles. The number of hydrogen-bond acceptors (Lipinski definition) is 3. The minimum atomic E-state index is -0.827. The summed E-state index contributed by atoms with van der Waals surface area (Å²) in [7, 11) is 1.65. The van der Waals surface area contributed by atoms with Crippen LogP contribution in [0.1, 0.15) is 47.5 Å². The minimum absolute atomic E-state index is 0.00322. The molecule has 2 amide bonds. The van der Waals surface area contributed by atoms with Gasteiger partial charge in [-0.15, -0.1) is 0 Å². The molecule has 1 heterocycles. The molecule has 116 valence electrons. The summed E-state index contributed by atoms with van der Waals surface area (Å²) >= 11 is 0. The lowest BCUT2D eigenvalue weighted by Gasteiger charge is -2.46. The van der Waals surface area contributed by atoms with Crippen LogP contribution in [0.4, 0.5) is 0 Å². The highest BCUT2D eigenvalue weighted by Gasteiger charge is 2.46. The summed E-state index contributed by atoms with van der Waals surface area (Å²) in [6.07, 6.45) is 1.42. The van der Waals surface area contributed by atoms with Crippen LogP contribution in [0.2, 0.25) is 0 Å². The monoisotopic (exact) mass is 284 g/mol. The molecule has 1 fully saturated rings. The van der Waals surface area contributed by atoms with Crippen LogP contribution in [-0.2, 0) is 14.3 Å². The summed E-state index contributed by atoms with van der Waals surface area (Å²) in [6, 6.07) is -0.376. The zero-order valence-electron chi connectivity index (χ0n) is 13.5. The third-order valence-electron chi connectivity index (χ3n) is 3.75. The average Bonchev–Trinajstić information content (AvgIpc) is 2.32. The first kappa shape index (κ1) is 17.0. The first-order chi connectivity index (χ1) is 9.20. The van der Waals surface area contributed by atoms with E-state index in [4.69, 9.17) is 4.74 Å². The molecule has 0 bridgehead atoms. The second kappa shape index (κ2) is 6.57. The summed E-state index contributed by atoms with van der Waals surface area (Å²) in [5.41, 5.74) is -0.827. The van der Waals surface area contributed by atoms with E-state index in [9.17, 15) is 9.59 Å². The van der Waals surface area contributed by atoms with Gasteiger partial charge in [0.15, 0.2) is 0 Å². The highest BCUT2D eigenvalue weighted by molar-refractivity contribution is 5.99. The van der Waals surface area contributed by atoms with E-state index in [1.54, 1.807) is 25.9 Å². The molecular weight excluding hydrogens is 256 g/mol. The number of nitrogens with zero attached hydrogens (tertiary/aromatic N) is 1. The number of methoxy groups -OCH3 is 1. The van der Waals surface area contributed by atoms with E-state index < -0.39 is 5.54 Å². The zero-order chi connectivity index (χ0) is 15.5. The van der Waals surface area contributed by atoms with Gasteiger partial charge < -0.3 is 15.0 Å². The van der Waals surface area contributed by atoms with Gasteiger partial charge in [-0.25, -0.2) is 0 Å². The number of rotatable bonds is 6. The van der Waals surface area contributed by atoms with Gasteiger partial charge in [0.2, 0.25) is 11.8 Å². The van der Waals surface area contributed by atoms with Crippen LogP contribution in [-0.4, -0.2) is 48.1 Å². The molecule has 1 saturated heterocycles. The molecule has 1 N–H and O–H groups in total. The van der Waals surface area contributed by atoms with Crippen LogP contribution in [0.5, 0.6) is 0 Å². The van der Waals surface area contributed by atoms with Crippen molar-refractivity contribution in [2.45, 2.75) is 65.1 Å². The second-order valence-electron chi connectivity index (χ2n) is 6.60. The lowest BCUT2D eigenvalue weighted by Crippen LogP contribution is -2.69. The van der Waals surface area contributed by atoms with Crippen molar-refractivity contribution >= 4 is 11.8 Å². The van der Waals surface area contributed by atoms with Crippen molar-refractivity contribution in [1.29, 1.82) is 0 Å². The molecule has 5 nitrogen and oxygen atoms in total. The lowest BCUT2D eigenvalue weighted by molar-refractivity contribution is -0.157. The molecular formula is C15H28N2O3. The number of hydrogen-bond donors (Lipinski definition) is 1. The fourth-order valence-corrected chi connectivity index (χ4v) is 2.64. The van der Waals surface area contributed by atoms with Crippen molar-refractivity contribution in [3.63, 3.8) is 0 Å². The van der Waals surface area contributed by atoms with Gasteiger partial charge in [0.1, 0.15) is 11.6 Å². The van der Waals surface area contributed by atoms with Gasteiger partial charge >= 0.3 is 0 Å². The number of amides is 2. The summed E-state index contributed by atoms with van der Waals surface area (Å²) < 4.78 is 5.10. The van der Waals surface area contributed by atoms with Gasteiger partial charge in [0.25, 0.3) is 0 Å². The van der Waals surface area contributed by atoms with Gasteiger partial charge in [-0.05, 0) is 39.5 Å². The first-order valence-electron chi connectivity index (χ1n) is 7.34. The quantitative estimate of drug-likeness (QED) is 0.805. The minimum Gasteiger partial charge on any atom is -0.385 e. The molecule has 2 unspecified atom stereocenters. The number of piperazine rings is 1. The van der Waals surface area contributed by atoms with Crippen molar-refractivity contribution in [1.82, 2.24) is 10.2 Å². The van der Waals surface area contributed by atoms with E-state index in [1.807, 2.05) is 6.92 Å². The molecule has 2 atom stereocenters. The average molecular weight is 284 g/mol. The Morgan fingerprint density at radius 3 is 2.40 bits per heavy atom. The molecule has 1 aliphatic heterocycles. The fourth-order valence-electron chi connectivity index (χ4n) is 2.64. The van der Waals surface area contributed by atoms with Crippen molar-refractivity contribution in [2.75, 3.05) is 13.7 Å². The van der Waals surface area contributed by atoms with Gasteiger partial charge in [-0.1, -0.05) is 13.8 Å². The predicted octanol–water partition coefficient (Wildman–Crippen LogP) is 1.56. The number of nitrogens with one attached hydrogen (secondary N) is 1. The Balaban J connectivity index is 2.99. The number of carbonyl (C=O) groups is 2. The fraction of sp³-hybridized carbons (Fsp3) is 0.867. The van der Waals surface area contributed by atoms with E-state index in [2.05, 4.69) is 19.2 Å². The highest BCUT2D eigenvalue weighted by atomic mass is 16.5. The van der Waals surface area contributed by atoms with Crippen molar-refractivity contribution < 1.29 is 14.3 Å². The Kier molecular flexibility index (Phi) is 5.57. The molecule has 20 heavy (non-hydrogen) atoms. The van der Waals surface area contributed by atoms with Crippen molar-refractivity contribution in [2.24, 2.45) is 5.92 Å². The van der Waals surface area contributed by atoms with Crippen molar-refractivity contribution in [3.8, 4) is 0 Å². The molecule has 0 spiro atoms. The van der Waals surface area contributed by atoms with Crippen LogP contribution in [0.15, 0.2) is 0 Å². The Bertz CT molecular complexity index is 366. The third-order valence-corrected chi connectivity index (χ3v) is 3.75. The SMILES string of the molecule is COCCC(C)N1C(=O)C(C)(C)NC(=O)C1CC(C)C. The highest BCUT2D eigenvalue weighted by Crippen LogP contribution is 2.25. The molecule has 1 aliphatic rings. The molecule has 0 radical (unpaired) electrons. The Labute approximate surface area is 122 Å². The maximum absolute atomic E-state index is 12.7. The third kappa shape index (κ3) is 3.72. The van der Waals surface area contributed by atoms with Crippen LogP contribution >= 0.6 is 0 Å². The van der Waals surface area contributed by atoms with Gasteiger partial charge in [0, 0.05) is 19.8 Å². The van der Waals surface area contributed by atoms with E-state index in [-0.39, 0.29) is 23.9 Å². The van der Waals surface area contributed by atoms with E-state index in [0.717, 1.165) is 6.42 Å². The topological polar surface area (TPSA) is 58.6 Å². The smallest absolute Gasteiger partial charge is 0.248 e. The Morgan fingerprint density at radius 2 is 1.90 bits per heavy atom. The maximum atomic E-state index is 12.7. The standard InChI is InChI=1S/C15H28N2O3/c1-10(2)9-12-13(18)16-15(4,5)14(19)17(12)11(3)7-8-20-6/h10-12H,7-9H2,1-6H3,(H,16,18). The Morgan fingerprint density at radius 1 is 1.30 bits per heavy atom.